The largest absolute Gasteiger partial charge is 0.311 e. The van der Waals surface area contributed by atoms with Gasteiger partial charge in [-0.05, 0) is 52.0 Å². The zero-order valence-corrected chi connectivity index (χ0v) is 12.8. The minimum absolute atomic E-state index is 0.0935. The molecule has 0 amide bonds. The second-order valence-electron chi connectivity index (χ2n) is 5.44. The van der Waals surface area contributed by atoms with Crippen LogP contribution in [0, 0.1) is 0 Å². The first kappa shape index (κ1) is 15.5. The molecule has 1 unspecified atom stereocenters. The molecule has 0 spiro atoms. The topological polar surface area (TPSA) is 46.2 Å². The van der Waals surface area contributed by atoms with E-state index in [1.807, 2.05) is 20.8 Å². The van der Waals surface area contributed by atoms with Crippen LogP contribution in [0.25, 0.3) is 0 Å². The Bertz CT molecular complexity index is 489. The fraction of sp³-hybridized carbons (Fsp3) is 0.538. The van der Waals surface area contributed by atoms with Crippen LogP contribution in [0.2, 0.25) is 5.02 Å². The van der Waals surface area contributed by atoms with Crippen LogP contribution in [0.1, 0.15) is 27.7 Å². The molecular formula is C13H20ClNO2S. The Balaban J connectivity index is 2.83. The van der Waals surface area contributed by atoms with Crippen molar-refractivity contribution in [3.05, 3.63) is 29.3 Å². The molecule has 0 saturated carbocycles. The van der Waals surface area contributed by atoms with Gasteiger partial charge in [-0.3, -0.25) is 0 Å². The molecule has 0 fully saturated rings. The normalized spacial score (nSPS) is 14.5. The average Bonchev–Trinajstić information content (AvgIpc) is 2.25. The zero-order valence-electron chi connectivity index (χ0n) is 11.2. The van der Waals surface area contributed by atoms with E-state index < -0.39 is 15.1 Å². The maximum atomic E-state index is 12.3. The fourth-order valence-electron chi connectivity index (χ4n) is 1.42. The van der Waals surface area contributed by atoms with Gasteiger partial charge in [0.25, 0.3) is 0 Å². The van der Waals surface area contributed by atoms with Crippen LogP contribution in [0.4, 0.5) is 0 Å². The molecular weight excluding hydrogens is 270 g/mol. The van der Waals surface area contributed by atoms with E-state index in [-0.39, 0.29) is 5.54 Å². The maximum Gasteiger partial charge on any atom is 0.182 e. The molecule has 0 aliphatic rings. The van der Waals surface area contributed by atoms with E-state index in [0.29, 0.717) is 16.5 Å². The molecule has 1 aromatic carbocycles. The molecule has 0 aliphatic carbocycles. The van der Waals surface area contributed by atoms with Gasteiger partial charge in [-0.15, -0.1) is 0 Å². The number of hydrogen-bond donors (Lipinski definition) is 1. The van der Waals surface area contributed by atoms with Crippen molar-refractivity contribution < 1.29 is 8.42 Å². The van der Waals surface area contributed by atoms with Gasteiger partial charge < -0.3 is 5.32 Å². The van der Waals surface area contributed by atoms with Gasteiger partial charge in [0.2, 0.25) is 0 Å². The van der Waals surface area contributed by atoms with Crippen molar-refractivity contribution in [2.24, 2.45) is 0 Å². The quantitative estimate of drug-likeness (QED) is 0.927. The minimum Gasteiger partial charge on any atom is -0.311 e. The lowest BCUT2D eigenvalue weighted by molar-refractivity contribution is 0.425. The van der Waals surface area contributed by atoms with Gasteiger partial charge in [0.15, 0.2) is 9.84 Å². The van der Waals surface area contributed by atoms with E-state index in [0.717, 1.165) is 0 Å². The second kappa shape index (κ2) is 5.59. The molecule has 3 nitrogen and oxygen atoms in total. The van der Waals surface area contributed by atoms with Gasteiger partial charge in [-0.25, -0.2) is 8.42 Å². The van der Waals surface area contributed by atoms with E-state index in [1.165, 1.54) is 0 Å². The number of nitrogens with one attached hydrogen (secondary N) is 1. The molecule has 0 saturated heterocycles. The number of hydrogen-bond acceptors (Lipinski definition) is 3. The van der Waals surface area contributed by atoms with Crippen LogP contribution >= 0.6 is 11.6 Å². The van der Waals surface area contributed by atoms with Gasteiger partial charge >= 0.3 is 0 Å². The summed E-state index contributed by atoms with van der Waals surface area (Å²) in [4.78, 5) is 0.315. The number of benzene rings is 1. The highest BCUT2D eigenvalue weighted by molar-refractivity contribution is 7.92. The molecule has 5 heteroatoms. The SMILES string of the molecule is CC(CNC(C)(C)C)S(=O)(=O)c1ccc(Cl)cc1. The van der Waals surface area contributed by atoms with Crippen molar-refractivity contribution >= 4 is 21.4 Å². The van der Waals surface area contributed by atoms with Crippen LogP contribution < -0.4 is 5.32 Å². The lowest BCUT2D eigenvalue weighted by atomic mass is 10.1. The van der Waals surface area contributed by atoms with Crippen molar-refractivity contribution in [2.45, 2.75) is 43.4 Å². The van der Waals surface area contributed by atoms with Crippen LogP contribution in [0.15, 0.2) is 29.2 Å². The van der Waals surface area contributed by atoms with Crippen molar-refractivity contribution in [1.29, 1.82) is 0 Å². The summed E-state index contributed by atoms with van der Waals surface area (Å²) in [6.45, 7) is 8.16. The fourth-order valence-corrected chi connectivity index (χ4v) is 2.82. The summed E-state index contributed by atoms with van der Waals surface area (Å²) in [6, 6.07) is 6.28. The van der Waals surface area contributed by atoms with Crippen molar-refractivity contribution in [2.75, 3.05) is 6.54 Å². The summed E-state index contributed by atoms with van der Waals surface area (Å²) in [5.74, 6) is 0. The van der Waals surface area contributed by atoms with E-state index in [4.69, 9.17) is 11.6 Å². The van der Waals surface area contributed by atoms with E-state index in [9.17, 15) is 8.42 Å². The van der Waals surface area contributed by atoms with Gasteiger partial charge in [0.1, 0.15) is 0 Å². The summed E-state index contributed by atoms with van der Waals surface area (Å²) in [5, 5.41) is 3.27. The minimum atomic E-state index is -3.30. The molecule has 1 atom stereocenters. The van der Waals surface area contributed by atoms with Crippen LogP contribution in [-0.2, 0) is 9.84 Å². The Morgan fingerprint density at radius 1 is 1.22 bits per heavy atom. The second-order valence-corrected chi connectivity index (χ2v) is 8.24. The lowest BCUT2D eigenvalue weighted by Gasteiger charge is -2.23. The summed E-state index contributed by atoms with van der Waals surface area (Å²) in [6.07, 6.45) is 0. The van der Waals surface area contributed by atoms with E-state index in [2.05, 4.69) is 5.32 Å². The summed E-state index contributed by atoms with van der Waals surface area (Å²) in [5.41, 5.74) is -0.0935. The molecule has 0 bridgehead atoms. The van der Waals surface area contributed by atoms with Crippen molar-refractivity contribution in [3.8, 4) is 0 Å². The predicted molar refractivity (Wildman–Crippen MR) is 75.9 cm³/mol. The molecule has 0 radical (unpaired) electrons. The molecule has 0 aromatic heterocycles. The molecule has 102 valence electrons. The first-order valence-electron chi connectivity index (χ1n) is 5.87. The first-order chi connectivity index (χ1) is 8.13. The predicted octanol–water partition coefficient (Wildman–Crippen LogP) is 2.89. The molecule has 1 N–H and O–H groups in total. The average molecular weight is 290 g/mol. The monoisotopic (exact) mass is 289 g/mol. The van der Waals surface area contributed by atoms with Crippen LogP contribution in [0.5, 0.6) is 0 Å². The maximum absolute atomic E-state index is 12.3. The zero-order chi connectivity index (χ0) is 14.0. The van der Waals surface area contributed by atoms with Crippen LogP contribution in [-0.4, -0.2) is 25.8 Å². The Labute approximate surface area is 114 Å². The summed E-state index contributed by atoms with van der Waals surface area (Å²) >= 11 is 5.76. The lowest BCUT2D eigenvalue weighted by Crippen LogP contribution is -2.42. The highest BCUT2D eigenvalue weighted by Crippen LogP contribution is 2.18. The van der Waals surface area contributed by atoms with Crippen molar-refractivity contribution in [1.82, 2.24) is 5.32 Å². The summed E-state index contributed by atoms with van der Waals surface area (Å²) < 4.78 is 24.6. The third-order valence-corrected chi connectivity index (χ3v) is 5.00. The Morgan fingerprint density at radius 2 is 1.72 bits per heavy atom. The highest BCUT2D eigenvalue weighted by atomic mass is 35.5. The van der Waals surface area contributed by atoms with E-state index in [1.54, 1.807) is 31.2 Å². The number of rotatable bonds is 4. The summed E-state index contributed by atoms with van der Waals surface area (Å²) in [7, 11) is -3.30. The number of sulfone groups is 1. The van der Waals surface area contributed by atoms with Gasteiger partial charge in [-0.2, -0.15) is 0 Å². The van der Waals surface area contributed by atoms with Crippen molar-refractivity contribution in [3.63, 3.8) is 0 Å². The number of halogens is 1. The third kappa shape index (κ3) is 4.26. The highest BCUT2D eigenvalue weighted by Gasteiger charge is 2.24. The molecule has 0 aliphatic heterocycles. The standard InChI is InChI=1S/C13H20ClNO2S/c1-10(9-15-13(2,3)4)18(16,17)12-7-5-11(14)6-8-12/h5-8,10,15H,9H2,1-4H3. The first-order valence-corrected chi connectivity index (χ1v) is 7.80. The van der Waals surface area contributed by atoms with Gasteiger partial charge in [0.05, 0.1) is 10.1 Å². The Morgan fingerprint density at radius 3 is 2.17 bits per heavy atom. The molecule has 0 heterocycles. The van der Waals surface area contributed by atoms with Gasteiger partial charge in [0, 0.05) is 17.1 Å². The Hall–Kier alpha value is -0.580. The van der Waals surface area contributed by atoms with Crippen LogP contribution in [0.3, 0.4) is 0 Å². The van der Waals surface area contributed by atoms with E-state index >= 15 is 0 Å². The third-order valence-electron chi connectivity index (χ3n) is 2.59. The smallest absolute Gasteiger partial charge is 0.182 e. The molecule has 18 heavy (non-hydrogen) atoms. The molecule has 1 rings (SSSR count). The Kier molecular flexibility index (Phi) is 4.81. The molecule has 1 aromatic rings. The van der Waals surface area contributed by atoms with Gasteiger partial charge in [-0.1, -0.05) is 11.6 Å².